The van der Waals surface area contributed by atoms with E-state index >= 15 is 0 Å². The Morgan fingerprint density at radius 2 is 1.67 bits per heavy atom. The molecule has 0 radical (unpaired) electrons. The van der Waals surface area contributed by atoms with Gasteiger partial charge in [0, 0.05) is 27.3 Å². The fourth-order valence-corrected chi connectivity index (χ4v) is 2.00. The predicted molar refractivity (Wildman–Crippen MR) is 47.0 cm³/mol. The van der Waals surface area contributed by atoms with E-state index in [2.05, 4.69) is 20.0 Å². The molecule has 0 fully saturated rings. The average Bonchev–Trinajstić information content (AvgIpc) is 1.21. The number of rotatable bonds is 2. The van der Waals surface area contributed by atoms with E-state index in [1.165, 1.54) is 0 Å². The minimum atomic E-state index is -0.821. The zero-order valence-corrected chi connectivity index (χ0v) is 6.96. The summed E-state index contributed by atoms with van der Waals surface area (Å²) in [5.74, 6) is 0.325. The van der Waals surface area contributed by atoms with Crippen LogP contribution in [0.1, 0.15) is 14.4 Å². The van der Waals surface area contributed by atoms with Crippen molar-refractivity contribution in [1.29, 1.82) is 0 Å². The van der Waals surface area contributed by atoms with Gasteiger partial charge in [-0.05, 0) is 6.92 Å². The molecule has 0 atom stereocenters. The molecule has 0 aliphatic heterocycles. The molecule has 0 bridgehead atoms. The lowest BCUT2D eigenvalue weighted by molar-refractivity contribution is -0.114. The van der Waals surface area contributed by atoms with E-state index < -0.39 is 7.26 Å². The maximum absolute atomic E-state index is 10.5. The first-order chi connectivity index (χ1) is 3.42. The molecule has 0 amide bonds. The Bertz CT molecular complexity index is 91.6. The average molecular weight is 149 g/mol. The molecular weight excluding hydrogens is 131 g/mol. The standard InChI is InChI=1S/C6H14OP.CH4/c1-6(7)5-8(2,3)4;/h5H2,1-4H3;1H4/q+1;. The lowest BCUT2D eigenvalue weighted by atomic mass is 10.5. The van der Waals surface area contributed by atoms with E-state index in [1.54, 1.807) is 6.92 Å². The number of carbonyl (C=O) groups is 1. The molecule has 0 rings (SSSR count). The second-order valence-corrected chi connectivity index (χ2v) is 8.05. The molecule has 0 aromatic carbocycles. The van der Waals surface area contributed by atoms with Gasteiger partial charge in [-0.3, -0.25) is 4.79 Å². The molecule has 0 unspecified atom stereocenters. The highest BCUT2D eigenvalue weighted by molar-refractivity contribution is 7.74. The second-order valence-electron chi connectivity index (χ2n) is 3.15. The van der Waals surface area contributed by atoms with Crippen molar-refractivity contribution in [3.8, 4) is 0 Å². The quantitative estimate of drug-likeness (QED) is 0.549. The third-order valence-electron chi connectivity index (χ3n) is 0.697. The molecule has 0 spiro atoms. The van der Waals surface area contributed by atoms with Gasteiger partial charge in [-0.2, -0.15) is 0 Å². The van der Waals surface area contributed by atoms with Crippen LogP contribution in [0.4, 0.5) is 0 Å². The normalized spacial score (nSPS) is 10.2. The Morgan fingerprint density at radius 1 is 1.33 bits per heavy atom. The van der Waals surface area contributed by atoms with Crippen LogP contribution >= 0.6 is 7.26 Å². The van der Waals surface area contributed by atoms with E-state index in [-0.39, 0.29) is 7.43 Å². The molecule has 0 aliphatic rings. The first-order valence-electron chi connectivity index (χ1n) is 2.72. The summed E-state index contributed by atoms with van der Waals surface area (Å²) in [6.07, 6.45) is 0.799. The smallest absolute Gasteiger partial charge is 0.166 e. The highest BCUT2D eigenvalue weighted by atomic mass is 31.2. The van der Waals surface area contributed by atoms with Gasteiger partial charge in [-0.1, -0.05) is 7.43 Å². The Morgan fingerprint density at radius 3 is 1.67 bits per heavy atom. The molecule has 2 heteroatoms. The van der Waals surface area contributed by atoms with Crippen LogP contribution in [0.3, 0.4) is 0 Å². The first-order valence-corrected chi connectivity index (χ1v) is 6.03. The van der Waals surface area contributed by atoms with Crippen molar-refractivity contribution in [1.82, 2.24) is 0 Å². The van der Waals surface area contributed by atoms with Gasteiger partial charge in [0.25, 0.3) is 0 Å². The van der Waals surface area contributed by atoms with Gasteiger partial charge in [-0.25, -0.2) is 0 Å². The Hall–Kier alpha value is 0.100. The molecular formula is C7H18OP+. The summed E-state index contributed by atoms with van der Waals surface area (Å²) in [6, 6.07) is 0. The number of hydrogen-bond donors (Lipinski definition) is 0. The minimum Gasteiger partial charge on any atom is -0.296 e. The van der Waals surface area contributed by atoms with Gasteiger partial charge in [-0.15, -0.1) is 0 Å². The second kappa shape index (κ2) is 4.00. The summed E-state index contributed by atoms with van der Waals surface area (Å²) in [6.45, 7) is 8.18. The zero-order chi connectivity index (χ0) is 6.78. The SMILES string of the molecule is C.CC(=O)C[P+](C)(C)C. The number of carbonyl (C=O) groups excluding carboxylic acids is 1. The van der Waals surface area contributed by atoms with Crippen LogP contribution in [0.15, 0.2) is 0 Å². The Labute approximate surface area is 59.2 Å². The van der Waals surface area contributed by atoms with Gasteiger partial charge >= 0.3 is 0 Å². The molecule has 0 saturated carbocycles. The lowest BCUT2D eigenvalue weighted by Gasteiger charge is -2.07. The fraction of sp³-hybridized carbons (Fsp3) is 0.857. The maximum Gasteiger partial charge on any atom is 0.166 e. The number of Topliss-reactive ketones (excluding diaryl/α,β-unsaturated/α-hetero) is 1. The predicted octanol–water partition coefficient (Wildman–Crippen LogP) is 2.12. The van der Waals surface area contributed by atoms with E-state index in [9.17, 15) is 4.79 Å². The van der Waals surface area contributed by atoms with Gasteiger partial charge < -0.3 is 0 Å². The van der Waals surface area contributed by atoms with Crippen LogP contribution in [0.2, 0.25) is 0 Å². The van der Waals surface area contributed by atoms with Crippen molar-refractivity contribution in [3.63, 3.8) is 0 Å². The summed E-state index contributed by atoms with van der Waals surface area (Å²) < 4.78 is 0. The van der Waals surface area contributed by atoms with Gasteiger partial charge in [0.1, 0.15) is 6.16 Å². The van der Waals surface area contributed by atoms with E-state index in [0.29, 0.717) is 5.78 Å². The van der Waals surface area contributed by atoms with Crippen molar-refractivity contribution in [2.75, 3.05) is 26.2 Å². The molecule has 0 heterocycles. The van der Waals surface area contributed by atoms with Crippen molar-refractivity contribution in [3.05, 3.63) is 0 Å². The monoisotopic (exact) mass is 149 g/mol. The zero-order valence-electron chi connectivity index (χ0n) is 6.06. The molecule has 56 valence electrons. The minimum absolute atomic E-state index is 0. The molecule has 0 aromatic heterocycles. The van der Waals surface area contributed by atoms with Gasteiger partial charge in [0.05, 0.1) is 0 Å². The molecule has 0 aliphatic carbocycles. The van der Waals surface area contributed by atoms with Crippen LogP contribution in [0.5, 0.6) is 0 Å². The summed E-state index contributed by atoms with van der Waals surface area (Å²) in [4.78, 5) is 10.5. The first kappa shape index (κ1) is 11.8. The van der Waals surface area contributed by atoms with Crippen LogP contribution in [-0.2, 0) is 4.79 Å². The van der Waals surface area contributed by atoms with E-state index in [4.69, 9.17) is 0 Å². The summed E-state index contributed by atoms with van der Waals surface area (Å²) >= 11 is 0. The highest BCUT2D eigenvalue weighted by Gasteiger charge is 2.18. The third kappa shape index (κ3) is 11.6. The summed E-state index contributed by atoms with van der Waals surface area (Å²) in [7, 11) is -0.821. The third-order valence-corrected chi connectivity index (χ3v) is 2.09. The van der Waals surface area contributed by atoms with Gasteiger partial charge in [0.15, 0.2) is 5.78 Å². The molecule has 0 saturated heterocycles. The van der Waals surface area contributed by atoms with Crippen molar-refractivity contribution in [2.45, 2.75) is 14.4 Å². The fourth-order valence-electron chi connectivity index (χ4n) is 0.668. The van der Waals surface area contributed by atoms with Crippen molar-refractivity contribution >= 4 is 13.0 Å². The highest BCUT2D eigenvalue weighted by Crippen LogP contribution is 2.45. The lowest BCUT2D eigenvalue weighted by Crippen LogP contribution is -2.01. The molecule has 0 aromatic rings. The van der Waals surface area contributed by atoms with Crippen LogP contribution in [-0.4, -0.2) is 31.9 Å². The summed E-state index contributed by atoms with van der Waals surface area (Å²) in [5.41, 5.74) is 0. The van der Waals surface area contributed by atoms with Crippen LogP contribution in [0.25, 0.3) is 0 Å². The van der Waals surface area contributed by atoms with Gasteiger partial charge in [0.2, 0.25) is 0 Å². The number of hydrogen-bond acceptors (Lipinski definition) is 1. The van der Waals surface area contributed by atoms with E-state index in [1.807, 2.05) is 0 Å². The maximum atomic E-state index is 10.5. The Balaban J connectivity index is 0. The van der Waals surface area contributed by atoms with Crippen molar-refractivity contribution in [2.24, 2.45) is 0 Å². The van der Waals surface area contributed by atoms with Crippen molar-refractivity contribution < 1.29 is 4.79 Å². The number of ketones is 1. The molecule has 0 N–H and O–H groups in total. The summed E-state index contributed by atoms with van der Waals surface area (Å²) in [5, 5.41) is 0. The largest absolute Gasteiger partial charge is 0.296 e. The van der Waals surface area contributed by atoms with E-state index in [0.717, 1.165) is 6.16 Å². The van der Waals surface area contributed by atoms with Crippen LogP contribution < -0.4 is 0 Å². The molecule has 9 heavy (non-hydrogen) atoms. The topological polar surface area (TPSA) is 17.1 Å². The Kier molecular flexibility index (Phi) is 5.27. The van der Waals surface area contributed by atoms with Crippen LogP contribution in [0, 0.1) is 0 Å². The molecule has 1 nitrogen and oxygen atoms in total.